The van der Waals surface area contributed by atoms with Crippen LogP contribution >= 0.6 is 11.8 Å². The van der Waals surface area contributed by atoms with Crippen LogP contribution in [0.25, 0.3) is 5.69 Å². The number of carbonyl (C=O) groups excluding carboxylic acids is 2. The molecule has 1 aromatic heterocycles. The van der Waals surface area contributed by atoms with Crippen LogP contribution in [0.15, 0.2) is 48.5 Å². The van der Waals surface area contributed by atoms with E-state index in [4.69, 9.17) is 14.6 Å². The fourth-order valence-corrected chi connectivity index (χ4v) is 6.55. The minimum absolute atomic E-state index is 0.0364. The van der Waals surface area contributed by atoms with E-state index in [1.54, 1.807) is 28.7 Å². The summed E-state index contributed by atoms with van der Waals surface area (Å²) in [6, 6.07) is 16.2. The van der Waals surface area contributed by atoms with Crippen molar-refractivity contribution in [2.75, 3.05) is 50.6 Å². The van der Waals surface area contributed by atoms with Gasteiger partial charge in [0.15, 0.2) is 0 Å². The molecule has 1 fully saturated rings. The van der Waals surface area contributed by atoms with Gasteiger partial charge < -0.3 is 14.4 Å². The molecule has 2 aliphatic rings. The van der Waals surface area contributed by atoms with E-state index >= 15 is 0 Å². The number of fused-ring (bicyclic) bond motifs is 1. The van der Waals surface area contributed by atoms with Gasteiger partial charge in [-0.1, -0.05) is 58.0 Å². The van der Waals surface area contributed by atoms with Crippen molar-refractivity contribution in [3.63, 3.8) is 0 Å². The quantitative estimate of drug-likeness (QED) is 0.431. The summed E-state index contributed by atoms with van der Waals surface area (Å²) in [5.74, 6) is 1.54. The predicted octanol–water partition coefficient (Wildman–Crippen LogP) is 4.77. The van der Waals surface area contributed by atoms with Gasteiger partial charge in [0, 0.05) is 24.1 Å². The lowest BCUT2D eigenvalue weighted by Crippen LogP contribution is -2.48. The number of hydrogen-bond acceptors (Lipinski definition) is 6. The molecule has 2 amide bonds. The monoisotopic (exact) mass is 562 g/mol. The van der Waals surface area contributed by atoms with Crippen LogP contribution in [0.5, 0.6) is 5.75 Å². The Morgan fingerprint density at radius 2 is 1.80 bits per heavy atom. The number of aryl methyl sites for hydroxylation is 1. The molecule has 212 valence electrons. The second kappa shape index (κ2) is 11.7. The van der Waals surface area contributed by atoms with Crippen LogP contribution < -0.4 is 9.64 Å². The highest BCUT2D eigenvalue weighted by Gasteiger charge is 2.40. The number of benzene rings is 2. The maximum absolute atomic E-state index is 13.9. The molecule has 0 bridgehead atoms. The van der Waals surface area contributed by atoms with Crippen molar-refractivity contribution in [1.29, 1.82) is 0 Å². The highest BCUT2D eigenvalue weighted by atomic mass is 32.2. The zero-order valence-electron chi connectivity index (χ0n) is 24.0. The molecule has 3 aromatic rings. The summed E-state index contributed by atoms with van der Waals surface area (Å²) in [5, 5.41) is 5.09. The third-order valence-electron chi connectivity index (χ3n) is 7.48. The van der Waals surface area contributed by atoms with Crippen LogP contribution in [0.1, 0.15) is 55.3 Å². The molecule has 5 rings (SSSR count). The van der Waals surface area contributed by atoms with Gasteiger partial charge in [0.1, 0.15) is 18.1 Å². The number of methoxy groups -OCH3 is 1. The first-order chi connectivity index (χ1) is 19.2. The first-order valence-electron chi connectivity index (χ1n) is 13.9. The maximum atomic E-state index is 13.9. The van der Waals surface area contributed by atoms with Gasteiger partial charge in [-0.25, -0.2) is 4.68 Å². The van der Waals surface area contributed by atoms with Crippen molar-refractivity contribution in [2.24, 2.45) is 0 Å². The standard InChI is InChI=1S/C31H38N4O4S/c1-6-21-9-7-8-10-24(21)35-30-27(29(32-35)31(2,3)4)28(22-11-13-23(38-5)14-12-22)40-20-26(37)34(30)19-25(36)33-15-17-39-18-16-33/h7-14,28H,6,15-20H2,1-5H3. The normalized spacial score (nSPS) is 17.9. The summed E-state index contributed by atoms with van der Waals surface area (Å²) in [4.78, 5) is 30.9. The molecule has 1 atom stereocenters. The third kappa shape index (κ3) is 5.49. The van der Waals surface area contributed by atoms with Gasteiger partial charge in [-0.05, 0) is 35.7 Å². The van der Waals surface area contributed by atoms with Crippen LogP contribution in [0, 0.1) is 0 Å². The van der Waals surface area contributed by atoms with E-state index in [1.165, 1.54) is 0 Å². The average molecular weight is 563 g/mol. The van der Waals surface area contributed by atoms with E-state index in [2.05, 4.69) is 45.9 Å². The fraction of sp³-hybridized carbons (Fsp3) is 0.452. The largest absolute Gasteiger partial charge is 0.497 e. The molecular weight excluding hydrogens is 524 g/mol. The number of anilines is 1. The van der Waals surface area contributed by atoms with Gasteiger partial charge >= 0.3 is 0 Å². The molecule has 8 nitrogen and oxygen atoms in total. The zero-order valence-corrected chi connectivity index (χ0v) is 24.8. The smallest absolute Gasteiger partial charge is 0.242 e. The Balaban J connectivity index is 1.74. The van der Waals surface area contributed by atoms with E-state index in [0.29, 0.717) is 32.1 Å². The first kappa shape index (κ1) is 28.2. The molecule has 0 aliphatic carbocycles. The minimum atomic E-state index is -0.310. The van der Waals surface area contributed by atoms with Crippen LogP contribution in [0.4, 0.5) is 5.82 Å². The van der Waals surface area contributed by atoms with Crippen LogP contribution in [-0.4, -0.2) is 72.2 Å². The molecule has 9 heteroatoms. The molecule has 0 spiro atoms. The number of aromatic nitrogens is 2. The van der Waals surface area contributed by atoms with Crippen LogP contribution in [-0.2, 0) is 26.2 Å². The van der Waals surface area contributed by atoms with Gasteiger partial charge in [0.2, 0.25) is 11.8 Å². The Kier molecular flexibility index (Phi) is 8.24. The first-order valence-corrected chi connectivity index (χ1v) is 14.9. The summed E-state index contributed by atoms with van der Waals surface area (Å²) in [6.07, 6.45) is 0.812. The number of hydrogen-bond donors (Lipinski definition) is 0. The molecule has 40 heavy (non-hydrogen) atoms. The molecule has 1 saturated heterocycles. The number of ether oxygens (including phenoxy) is 2. The number of para-hydroxylation sites is 1. The lowest BCUT2D eigenvalue weighted by Gasteiger charge is -2.30. The Morgan fingerprint density at radius 3 is 2.45 bits per heavy atom. The number of thioether (sulfide) groups is 1. The van der Waals surface area contributed by atoms with Gasteiger partial charge in [0.25, 0.3) is 0 Å². The Bertz CT molecular complexity index is 1370. The second-order valence-electron chi connectivity index (χ2n) is 11.2. The number of nitrogens with zero attached hydrogens (tertiary/aromatic N) is 4. The lowest BCUT2D eigenvalue weighted by molar-refractivity contribution is -0.134. The Hall–Kier alpha value is -3.30. The SMILES string of the molecule is CCc1ccccc1-n1nc(C(C)(C)C)c2c1N(CC(=O)N1CCOCC1)C(=O)CSC2c1ccc(OC)cc1. The molecule has 2 aromatic carbocycles. The molecule has 0 saturated carbocycles. The fourth-order valence-electron chi connectivity index (χ4n) is 5.35. The summed E-state index contributed by atoms with van der Waals surface area (Å²) in [6.45, 7) is 10.6. The number of carbonyl (C=O) groups is 2. The van der Waals surface area contributed by atoms with E-state index < -0.39 is 0 Å². The van der Waals surface area contributed by atoms with E-state index in [0.717, 1.165) is 40.2 Å². The zero-order chi connectivity index (χ0) is 28.4. The highest BCUT2D eigenvalue weighted by Crippen LogP contribution is 2.48. The molecular formula is C31H38N4O4S. The number of morpholine rings is 1. The summed E-state index contributed by atoms with van der Waals surface area (Å²) >= 11 is 1.59. The Labute approximate surface area is 240 Å². The minimum Gasteiger partial charge on any atom is -0.497 e. The van der Waals surface area contributed by atoms with Crippen LogP contribution in [0.3, 0.4) is 0 Å². The topological polar surface area (TPSA) is 76.9 Å². The van der Waals surface area contributed by atoms with Crippen molar-refractivity contribution in [1.82, 2.24) is 14.7 Å². The molecule has 0 N–H and O–H groups in total. The summed E-state index contributed by atoms with van der Waals surface area (Å²) in [5.41, 5.74) is 4.70. The average Bonchev–Trinajstić information content (AvgIpc) is 3.31. The predicted molar refractivity (Wildman–Crippen MR) is 159 cm³/mol. The maximum Gasteiger partial charge on any atom is 0.242 e. The molecule has 2 aliphatic heterocycles. The Morgan fingerprint density at radius 1 is 1.10 bits per heavy atom. The van der Waals surface area contributed by atoms with Crippen molar-refractivity contribution >= 4 is 29.4 Å². The van der Waals surface area contributed by atoms with Gasteiger partial charge in [-0.3, -0.25) is 14.5 Å². The number of rotatable bonds is 6. The lowest BCUT2D eigenvalue weighted by atomic mass is 9.87. The summed E-state index contributed by atoms with van der Waals surface area (Å²) < 4.78 is 12.8. The molecule has 3 heterocycles. The second-order valence-corrected chi connectivity index (χ2v) is 12.3. The van der Waals surface area contributed by atoms with Crippen molar-refractivity contribution in [3.8, 4) is 11.4 Å². The van der Waals surface area contributed by atoms with Gasteiger partial charge in [-0.2, -0.15) is 5.10 Å². The van der Waals surface area contributed by atoms with E-state index in [9.17, 15) is 9.59 Å². The molecule has 1 unspecified atom stereocenters. The van der Waals surface area contributed by atoms with E-state index in [-0.39, 0.29) is 34.8 Å². The van der Waals surface area contributed by atoms with Gasteiger partial charge in [0.05, 0.1) is 42.7 Å². The summed E-state index contributed by atoms with van der Waals surface area (Å²) in [7, 11) is 1.66. The van der Waals surface area contributed by atoms with Crippen molar-refractivity contribution < 1.29 is 19.1 Å². The molecule has 0 radical (unpaired) electrons. The number of amides is 2. The van der Waals surface area contributed by atoms with Crippen molar-refractivity contribution in [3.05, 3.63) is 70.9 Å². The van der Waals surface area contributed by atoms with Crippen LogP contribution in [0.2, 0.25) is 0 Å². The van der Waals surface area contributed by atoms with Gasteiger partial charge in [-0.15, -0.1) is 11.8 Å². The highest BCUT2D eigenvalue weighted by molar-refractivity contribution is 8.00. The van der Waals surface area contributed by atoms with Crippen molar-refractivity contribution in [2.45, 2.75) is 44.8 Å². The third-order valence-corrected chi connectivity index (χ3v) is 8.73. The van der Waals surface area contributed by atoms with E-state index in [1.807, 2.05) is 35.0 Å².